The van der Waals surface area contributed by atoms with Crippen LogP contribution in [0, 0.1) is 0 Å². The number of halogens is 1. The number of benzene rings is 2. The lowest BCUT2D eigenvalue weighted by atomic mass is 10.0. The van der Waals surface area contributed by atoms with Gasteiger partial charge in [0.15, 0.2) is 0 Å². The van der Waals surface area contributed by atoms with Crippen LogP contribution in [-0.2, 0) is 11.3 Å². The van der Waals surface area contributed by atoms with Gasteiger partial charge in [-0.25, -0.2) is 0 Å². The van der Waals surface area contributed by atoms with Crippen molar-refractivity contribution in [3.8, 4) is 5.75 Å². The van der Waals surface area contributed by atoms with E-state index in [1.54, 1.807) is 7.11 Å². The van der Waals surface area contributed by atoms with Crippen LogP contribution < -0.4 is 10.5 Å². The van der Waals surface area contributed by atoms with E-state index in [4.69, 9.17) is 10.5 Å². The monoisotopic (exact) mass is 348 g/mol. The van der Waals surface area contributed by atoms with Crippen LogP contribution in [0.25, 0.3) is 0 Å². The van der Waals surface area contributed by atoms with E-state index >= 15 is 0 Å². The van der Waals surface area contributed by atoms with Gasteiger partial charge in [0.1, 0.15) is 5.75 Å². The van der Waals surface area contributed by atoms with Crippen molar-refractivity contribution < 1.29 is 9.53 Å². The van der Waals surface area contributed by atoms with Crippen molar-refractivity contribution in [1.82, 2.24) is 4.90 Å². The van der Waals surface area contributed by atoms with E-state index in [9.17, 15) is 4.79 Å². The molecule has 1 unspecified atom stereocenters. The van der Waals surface area contributed by atoms with Gasteiger partial charge in [-0.05, 0) is 30.2 Å². The molecule has 0 aliphatic heterocycles. The number of methoxy groups -OCH3 is 1. The maximum Gasteiger partial charge on any atom is 0.224 e. The third-order valence-corrected chi connectivity index (χ3v) is 3.89. The Morgan fingerprint density at radius 2 is 1.75 bits per heavy atom. The SMILES string of the molecule is CCN(Cc1ccc(OC)cc1)C(=O)CC(N)c1ccccc1.Cl. The van der Waals surface area contributed by atoms with Gasteiger partial charge in [-0.3, -0.25) is 4.79 Å². The zero-order valence-electron chi connectivity index (χ0n) is 14.1. The Bertz CT molecular complexity index is 617. The minimum atomic E-state index is -0.270. The first-order valence-corrected chi connectivity index (χ1v) is 7.85. The van der Waals surface area contributed by atoms with E-state index in [0.29, 0.717) is 19.5 Å². The van der Waals surface area contributed by atoms with Crippen molar-refractivity contribution in [2.45, 2.75) is 25.9 Å². The number of rotatable bonds is 7. The second-order valence-corrected chi connectivity index (χ2v) is 5.48. The molecule has 4 nitrogen and oxygen atoms in total. The van der Waals surface area contributed by atoms with Gasteiger partial charge in [-0.2, -0.15) is 0 Å². The summed E-state index contributed by atoms with van der Waals surface area (Å²) in [4.78, 5) is 14.3. The van der Waals surface area contributed by atoms with E-state index in [1.807, 2.05) is 66.4 Å². The minimum absolute atomic E-state index is 0. The van der Waals surface area contributed by atoms with Crippen molar-refractivity contribution in [2.75, 3.05) is 13.7 Å². The Morgan fingerprint density at radius 3 is 2.29 bits per heavy atom. The quantitative estimate of drug-likeness (QED) is 0.832. The molecule has 130 valence electrons. The van der Waals surface area contributed by atoms with Gasteiger partial charge in [0.25, 0.3) is 0 Å². The highest BCUT2D eigenvalue weighted by Gasteiger charge is 2.17. The summed E-state index contributed by atoms with van der Waals surface area (Å²) in [5.41, 5.74) is 8.22. The Hall–Kier alpha value is -2.04. The molecule has 2 aromatic carbocycles. The number of nitrogens with two attached hydrogens (primary N) is 1. The molecular weight excluding hydrogens is 324 g/mol. The Labute approximate surface area is 150 Å². The summed E-state index contributed by atoms with van der Waals surface area (Å²) in [5.74, 6) is 0.883. The molecule has 2 aromatic rings. The van der Waals surface area contributed by atoms with Gasteiger partial charge in [0.2, 0.25) is 5.91 Å². The molecular formula is C19H25ClN2O2. The first kappa shape index (κ1) is 20.0. The molecule has 0 spiro atoms. The molecule has 0 fully saturated rings. The largest absolute Gasteiger partial charge is 0.497 e. The number of carbonyl (C=O) groups excluding carboxylic acids is 1. The van der Waals surface area contributed by atoms with Gasteiger partial charge in [0.05, 0.1) is 7.11 Å². The number of hydrogen-bond acceptors (Lipinski definition) is 3. The van der Waals surface area contributed by atoms with Crippen LogP contribution in [0.4, 0.5) is 0 Å². The van der Waals surface area contributed by atoms with Crippen molar-refractivity contribution in [2.24, 2.45) is 5.73 Å². The minimum Gasteiger partial charge on any atom is -0.497 e. The molecule has 0 aliphatic rings. The summed E-state index contributed by atoms with van der Waals surface area (Å²) in [7, 11) is 1.64. The lowest BCUT2D eigenvalue weighted by Gasteiger charge is -2.23. The predicted octanol–water partition coefficient (Wildman–Crippen LogP) is 3.56. The van der Waals surface area contributed by atoms with Crippen molar-refractivity contribution in [3.05, 3.63) is 65.7 Å². The average molecular weight is 349 g/mol. The van der Waals surface area contributed by atoms with Gasteiger partial charge in [0, 0.05) is 25.6 Å². The summed E-state index contributed by atoms with van der Waals surface area (Å²) < 4.78 is 5.15. The molecule has 24 heavy (non-hydrogen) atoms. The standard InChI is InChI=1S/C19H24N2O2.ClH/c1-3-21(14-15-9-11-17(23-2)12-10-15)19(22)13-18(20)16-7-5-4-6-8-16;/h4-12,18H,3,13-14,20H2,1-2H3;1H. The average Bonchev–Trinajstić information content (AvgIpc) is 2.60. The van der Waals surface area contributed by atoms with Crippen molar-refractivity contribution >= 4 is 18.3 Å². The van der Waals surface area contributed by atoms with Crippen LogP contribution in [0.5, 0.6) is 5.75 Å². The summed E-state index contributed by atoms with van der Waals surface area (Å²) in [5, 5.41) is 0. The zero-order valence-corrected chi connectivity index (χ0v) is 15.0. The molecule has 2 rings (SSSR count). The topological polar surface area (TPSA) is 55.6 Å². The van der Waals surface area contributed by atoms with Crippen LogP contribution in [0.1, 0.15) is 30.5 Å². The molecule has 1 atom stereocenters. The second kappa shape index (κ2) is 9.96. The smallest absolute Gasteiger partial charge is 0.224 e. The first-order valence-electron chi connectivity index (χ1n) is 7.85. The highest BCUT2D eigenvalue weighted by Crippen LogP contribution is 2.17. The highest BCUT2D eigenvalue weighted by atomic mass is 35.5. The van der Waals surface area contributed by atoms with Crippen LogP contribution in [0.3, 0.4) is 0 Å². The van der Waals surface area contributed by atoms with E-state index in [2.05, 4.69) is 0 Å². The van der Waals surface area contributed by atoms with Crippen molar-refractivity contribution in [1.29, 1.82) is 0 Å². The lowest BCUT2D eigenvalue weighted by Crippen LogP contribution is -2.32. The molecule has 2 N–H and O–H groups in total. The molecule has 1 amide bonds. The summed E-state index contributed by atoms with van der Waals surface area (Å²) in [6.45, 7) is 3.22. The van der Waals surface area contributed by atoms with Crippen LogP contribution in [-0.4, -0.2) is 24.5 Å². The number of amides is 1. The Morgan fingerprint density at radius 1 is 1.12 bits per heavy atom. The summed E-state index contributed by atoms with van der Waals surface area (Å²) >= 11 is 0. The Kier molecular flexibility index (Phi) is 8.30. The van der Waals surface area contributed by atoms with Crippen LogP contribution >= 0.6 is 12.4 Å². The van der Waals surface area contributed by atoms with Crippen LogP contribution in [0.2, 0.25) is 0 Å². The van der Waals surface area contributed by atoms with Gasteiger partial charge < -0.3 is 15.4 Å². The number of nitrogens with zero attached hydrogens (tertiary/aromatic N) is 1. The molecule has 0 saturated carbocycles. The molecule has 0 aromatic heterocycles. The van der Waals surface area contributed by atoms with Gasteiger partial charge in [-0.1, -0.05) is 42.5 Å². The maximum atomic E-state index is 12.5. The molecule has 0 aliphatic carbocycles. The summed E-state index contributed by atoms with van der Waals surface area (Å²) in [6.07, 6.45) is 0.314. The van der Waals surface area contributed by atoms with E-state index in [1.165, 1.54) is 0 Å². The van der Waals surface area contributed by atoms with E-state index in [0.717, 1.165) is 16.9 Å². The second-order valence-electron chi connectivity index (χ2n) is 5.48. The van der Waals surface area contributed by atoms with Gasteiger partial charge >= 0.3 is 0 Å². The summed E-state index contributed by atoms with van der Waals surface area (Å²) in [6, 6.07) is 17.2. The number of hydrogen-bond donors (Lipinski definition) is 1. The fraction of sp³-hybridized carbons (Fsp3) is 0.316. The normalized spacial score (nSPS) is 11.3. The number of ether oxygens (including phenoxy) is 1. The number of carbonyl (C=O) groups is 1. The lowest BCUT2D eigenvalue weighted by molar-refractivity contribution is -0.132. The van der Waals surface area contributed by atoms with E-state index in [-0.39, 0.29) is 24.4 Å². The van der Waals surface area contributed by atoms with Crippen molar-refractivity contribution in [3.63, 3.8) is 0 Å². The van der Waals surface area contributed by atoms with Crippen LogP contribution in [0.15, 0.2) is 54.6 Å². The molecule has 0 bridgehead atoms. The molecule has 0 saturated heterocycles. The predicted molar refractivity (Wildman–Crippen MR) is 99.3 cm³/mol. The third-order valence-electron chi connectivity index (χ3n) is 3.89. The Balaban J connectivity index is 0.00000288. The fourth-order valence-electron chi connectivity index (χ4n) is 2.46. The first-order chi connectivity index (χ1) is 11.1. The molecule has 0 radical (unpaired) electrons. The zero-order chi connectivity index (χ0) is 16.7. The molecule has 0 heterocycles. The van der Waals surface area contributed by atoms with Gasteiger partial charge in [-0.15, -0.1) is 12.4 Å². The highest BCUT2D eigenvalue weighted by molar-refractivity contribution is 5.85. The third kappa shape index (κ3) is 5.55. The maximum absolute atomic E-state index is 12.5. The fourth-order valence-corrected chi connectivity index (χ4v) is 2.46. The molecule has 5 heteroatoms. The van der Waals surface area contributed by atoms with E-state index < -0.39 is 0 Å².